The van der Waals surface area contributed by atoms with E-state index in [0.29, 0.717) is 31.2 Å². The number of aliphatic hydroxyl groups is 1. The summed E-state index contributed by atoms with van der Waals surface area (Å²) in [5.41, 5.74) is 0.0947. The van der Waals surface area contributed by atoms with Crippen molar-refractivity contribution in [2.75, 3.05) is 31.7 Å². The average molecular weight is 239 g/mol. The number of hydrogen-bond acceptors (Lipinski definition) is 6. The van der Waals surface area contributed by atoms with Crippen LogP contribution in [0.5, 0.6) is 0 Å². The fraction of sp³-hybridized carbons (Fsp3) is 0.444. The SMILES string of the molecule is O=c1[nH]nc2ccc(NCCOCCO)nn12. The highest BCUT2D eigenvalue weighted by Gasteiger charge is 2.01. The maximum Gasteiger partial charge on any atom is 0.364 e. The van der Waals surface area contributed by atoms with E-state index < -0.39 is 0 Å². The van der Waals surface area contributed by atoms with Crippen molar-refractivity contribution in [3.05, 3.63) is 22.6 Å². The Kier molecular flexibility index (Phi) is 3.68. The van der Waals surface area contributed by atoms with E-state index in [-0.39, 0.29) is 12.3 Å². The van der Waals surface area contributed by atoms with Crippen molar-refractivity contribution in [2.45, 2.75) is 0 Å². The molecule has 0 aliphatic heterocycles. The van der Waals surface area contributed by atoms with Gasteiger partial charge in [0.1, 0.15) is 5.82 Å². The molecule has 0 saturated heterocycles. The molecule has 0 aliphatic carbocycles. The minimum Gasteiger partial charge on any atom is -0.394 e. The maximum absolute atomic E-state index is 11.2. The van der Waals surface area contributed by atoms with Crippen molar-refractivity contribution in [3.8, 4) is 0 Å². The predicted octanol–water partition coefficient (Wildman–Crippen LogP) is -1.16. The number of nitrogens with zero attached hydrogens (tertiary/aromatic N) is 3. The minimum atomic E-state index is -0.375. The molecule has 2 heterocycles. The second-order valence-electron chi connectivity index (χ2n) is 3.28. The van der Waals surface area contributed by atoms with Crippen LogP contribution in [0.4, 0.5) is 5.82 Å². The Bertz CT molecular complexity index is 535. The first-order valence-corrected chi connectivity index (χ1v) is 5.18. The first kappa shape index (κ1) is 11.6. The Morgan fingerprint density at radius 3 is 3.18 bits per heavy atom. The standard InChI is InChI=1S/C9H13N5O3/c15-4-6-17-5-3-10-7-1-2-8-11-12-9(16)14(8)13-7/h1-2,15H,3-6H2,(H,10,13)(H,12,16). The Balaban J connectivity index is 1.94. The molecule has 0 atom stereocenters. The minimum absolute atomic E-state index is 0.00855. The topological polar surface area (TPSA) is 105 Å². The average Bonchev–Trinajstić information content (AvgIpc) is 2.71. The van der Waals surface area contributed by atoms with Gasteiger partial charge in [-0.3, -0.25) is 0 Å². The lowest BCUT2D eigenvalue weighted by Crippen LogP contribution is -2.16. The normalized spacial score (nSPS) is 10.9. The van der Waals surface area contributed by atoms with E-state index in [1.54, 1.807) is 12.1 Å². The summed E-state index contributed by atoms with van der Waals surface area (Å²) in [6.45, 7) is 1.33. The Morgan fingerprint density at radius 2 is 2.35 bits per heavy atom. The Hall–Kier alpha value is -1.93. The van der Waals surface area contributed by atoms with Gasteiger partial charge in [-0.05, 0) is 12.1 Å². The molecular weight excluding hydrogens is 226 g/mol. The third-order valence-electron chi connectivity index (χ3n) is 2.06. The number of fused-ring (bicyclic) bond motifs is 1. The lowest BCUT2D eigenvalue weighted by molar-refractivity contribution is 0.0992. The molecule has 2 aromatic rings. The maximum atomic E-state index is 11.2. The van der Waals surface area contributed by atoms with E-state index in [9.17, 15) is 4.79 Å². The highest BCUT2D eigenvalue weighted by atomic mass is 16.5. The summed E-state index contributed by atoms with van der Waals surface area (Å²) in [6, 6.07) is 3.41. The van der Waals surface area contributed by atoms with Gasteiger partial charge in [0.2, 0.25) is 0 Å². The van der Waals surface area contributed by atoms with Crippen LogP contribution in [0, 0.1) is 0 Å². The third-order valence-corrected chi connectivity index (χ3v) is 2.06. The van der Waals surface area contributed by atoms with Crippen LogP contribution in [0.2, 0.25) is 0 Å². The zero-order chi connectivity index (χ0) is 12.1. The molecular formula is C9H13N5O3. The summed E-state index contributed by atoms with van der Waals surface area (Å²) >= 11 is 0. The fourth-order valence-electron chi connectivity index (χ4n) is 1.32. The largest absolute Gasteiger partial charge is 0.394 e. The Morgan fingerprint density at radius 1 is 1.47 bits per heavy atom. The first-order chi connectivity index (χ1) is 8.31. The molecule has 8 nitrogen and oxygen atoms in total. The molecule has 0 fully saturated rings. The van der Waals surface area contributed by atoms with Crippen molar-refractivity contribution in [1.29, 1.82) is 0 Å². The Labute approximate surface area is 96.2 Å². The number of anilines is 1. The molecule has 0 spiro atoms. The molecule has 2 rings (SSSR count). The summed E-state index contributed by atoms with van der Waals surface area (Å²) in [5.74, 6) is 0.564. The zero-order valence-corrected chi connectivity index (χ0v) is 9.09. The number of nitrogens with one attached hydrogen (secondary N) is 2. The van der Waals surface area contributed by atoms with Crippen LogP contribution in [0.25, 0.3) is 5.65 Å². The van der Waals surface area contributed by atoms with E-state index in [1.165, 1.54) is 4.52 Å². The molecule has 0 amide bonds. The highest BCUT2D eigenvalue weighted by molar-refractivity contribution is 5.42. The summed E-state index contributed by atoms with van der Waals surface area (Å²) in [4.78, 5) is 11.2. The lowest BCUT2D eigenvalue weighted by Gasteiger charge is -2.05. The van der Waals surface area contributed by atoms with Crippen molar-refractivity contribution >= 4 is 11.5 Å². The molecule has 0 bridgehead atoms. The monoisotopic (exact) mass is 239 g/mol. The van der Waals surface area contributed by atoms with Crippen molar-refractivity contribution in [3.63, 3.8) is 0 Å². The molecule has 2 aromatic heterocycles. The van der Waals surface area contributed by atoms with Gasteiger partial charge in [0.25, 0.3) is 0 Å². The van der Waals surface area contributed by atoms with Gasteiger partial charge in [-0.15, -0.1) is 5.10 Å². The zero-order valence-electron chi connectivity index (χ0n) is 9.09. The van der Waals surface area contributed by atoms with Gasteiger partial charge in [-0.25, -0.2) is 9.89 Å². The van der Waals surface area contributed by atoms with Crippen molar-refractivity contribution < 1.29 is 9.84 Å². The van der Waals surface area contributed by atoms with Crippen LogP contribution >= 0.6 is 0 Å². The van der Waals surface area contributed by atoms with E-state index in [2.05, 4.69) is 20.6 Å². The van der Waals surface area contributed by atoms with E-state index in [0.717, 1.165) is 0 Å². The van der Waals surface area contributed by atoms with Crippen molar-refractivity contribution in [1.82, 2.24) is 19.8 Å². The van der Waals surface area contributed by atoms with Crippen LogP contribution in [-0.2, 0) is 4.74 Å². The van der Waals surface area contributed by atoms with Gasteiger partial charge >= 0.3 is 5.69 Å². The molecule has 0 saturated carbocycles. The molecule has 0 radical (unpaired) electrons. The van der Waals surface area contributed by atoms with Gasteiger partial charge in [0.15, 0.2) is 5.65 Å². The van der Waals surface area contributed by atoms with Crippen LogP contribution in [-0.4, -0.2) is 51.3 Å². The number of rotatable bonds is 6. The number of H-pyrrole nitrogens is 1. The van der Waals surface area contributed by atoms with Crippen LogP contribution in [0.3, 0.4) is 0 Å². The van der Waals surface area contributed by atoms with E-state index in [4.69, 9.17) is 9.84 Å². The van der Waals surface area contributed by atoms with E-state index in [1.807, 2.05) is 0 Å². The van der Waals surface area contributed by atoms with Gasteiger partial charge in [0, 0.05) is 6.54 Å². The molecule has 0 aromatic carbocycles. The molecule has 17 heavy (non-hydrogen) atoms. The number of ether oxygens (including phenoxy) is 1. The van der Waals surface area contributed by atoms with Crippen LogP contribution in [0.15, 0.2) is 16.9 Å². The second-order valence-corrected chi connectivity index (χ2v) is 3.28. The number of aliphatic hydroxyl groups excluding tert-OH is 1. The van der Waals surface area contributed by atoms with Crippen molar-refractivity contribution in [2.24, 2.45) is 0 Å². The van der Waals surface area contributed by atoms with Gasteiger partial charge in [-0.2, -0.15) is 9.61 Å². The number of hydrogen-bond donors (Lipinski definition) is 3. The summed E-state index contributed by atoms with van der Waals surface area (Å²) in [6.07, 6.45) is 0. The van der Waals surface area contributed by atoms with Gasteiger partial charge in [0.05, 0.1) is 19.8 Å². The lowest BCUT2D eigenvalue weighted by atomic mass is 10.5. The number of aromatic nitrogens is 4. The molecule has 3 N–H and O–H groups in total. The first-order valence-electron chi connectivity index (χ1n) is 5.18. The predicted molar refractivity (Wildman–Crippen MR) is 60.0 cm³/mol. The molecule has 8 heteroatoms. The van der Waals surface area contributed by atoms with Crippen LogP contribution in [0.1, 0.15) is 0 Å². The number of aromatic amines is 1. The summed E-state index contributed by atoms with van der Waals surface area (Å²) < 4.78 is 6.25. The summed E-state index contributed by atoms with van der Waals surface area (Å²) in [7, 11) is 0. The molecule has 92 valence electrons. The quantitative estimate of drug-likeness (QED) is 0.549. The highest BCUT2D eigenvalue weighted by Crippen LogP contribution is 2.01. The second kappa shape index (κ2) is 5.41. The smallest absolute Gasteiger partial charge is 0.364 e. The molecule has 0 unspecified atom stereocenters. The van der Waals surface area contributed by atoms with Gasteiger partial charge < -0.3 is 15.2 Å². The van der Waals surface area contributed by atoms with Crippen LogP contribution < -0.4 is 11.0 Å². The third kappa shape index (κ3) is 2.80. The van der Waals surface area contributed by atoms with Gasteiger partial charge in [-0.1, -0.05) is 0 Å². The molecule has 0 aliphatic rings. The fourth-order valence-corrected chi connectivity index (χ4v) is 1.32. The summed E-state index contributed by atoms with van der Waals surface area (Å²) in [5, 5.41) is 21.6. The van der Waals surface area contributed by atoms with E-state index >= 15 is 0 Å².